The minimum Gasteiger partial charge on any atom is -0.481 e. The van der Waals surface area contributed by atoms with E-state index >= 15 is 0 Å². The maximum absolute atomic E-state index is 5.34. The van der Waals surface area contributed by atoms with Crippen molar-refractivity contribution >= 4 is 5.95 Å². The molecule has 0 bridgehead atoms. The lowest BCUT2D eigenvalue weighted by Gasteiger charge is -2.11. The molecule has 0 aromatic carbocycles. The second-order valence-electron chi connectivity index (χ2n) is 3.76. The summed E-state index contributed by atoms with van der Waals surface area (Å²) < 4.78 is 5.34. The molecule has 1 aliphatic rings. The van der Waals surface area contributed by atoms with Gasteiger partial charge >= 0.3 is 0 Å². The molecule has 1 aliphatic heterocycles. The summed E-state index contributed by atoms with van der Waals surface area (Å²) in [4.78, 5) is 8.89. The molecule has 5 heteroatoms. The fraction of sp³-hybridized carbons (Fsp3) is 0.636. The molecule has 0 amide bonds. The smallest absolute Gasteiger partial charge is 0.226 e. The van der Waals surface area contributed by atoms with E-state index in [9.17, 15) is 0 Å². The van der Waals surface area contributed by atoms with Crippen molar-refractivity contribution in [1.29, 1.82) is 0 Å². The zero-order valence-electron chi connectivity index (χ0n) is 9.84. The molecule has 0 fully saturated rings. The molecular weight excluding hydrogens is 204 g/mol. The van der Waals surface area contributed by atoms with E-state index in [1.807, 2.05) is 6.92 Å². The van der Waals surface area contributed by atoms with Crippen LogP contribution in [-0.2, 0) is 12.8 Å². The highest BCUT2D eigenvalue weighted by Crippen LogP contribution is 2.22. The molecule has 0 saturated heterocycles. The molecule has 2 heterocycles. The number of nitrogens with zero attached hydrogens (tertiary/aromatic N) is 2. The van der Waals surface area contributed by atoms with Crippen molar-refractivity contribution in [2.75, 3.05) is 32.1 Å². The van der Waals surface area contributed by atoms with Gasteiger partial charge in [-0.15, -0.1) is 0 Å². The lowest BCUT2D eigenvalue weighted by Crippen LogP contribution is -2.16. The van der Waals surface area contributed by atoms with Crippen LogP contribution in [0, 0.1) is 0 Å². The van der Waals surface area contributed by atoms with Crippen LogP contribution >= 0.6 is 0 Å². The van der Waals surface area contributed by atoms with E-state index in [0.29, 0.717) is 11.8 Å². The molecule has 2 N–H and O–H groups in total. The Kier molecular flexibility index (Phi) is 3.56. The van der Waals surface area contributed by atoms with Crippen molar-refractivity contribution in [3.05, 3.63) is 11.3 Å². The van der Waals surface area contributed by atoms with Crippen LogP contribution in [0.5, 0.6) is 5.88 Å². The van der Waals surface area contributed by atoms with Gasteiger partial charge in [0.15, 0.2) is 0 Å². The summed E-state index contributed by atoms with van der Waals surface area (Å²) in [6.45, 7) is 4.79. The van der Waals surface area contributed by atoms with E-state index in [4.69, 9.17) is 4.74 Å². The predicted octanol–water partition coefficient (Wildman–Crippen LogP) is 0.605. The van der Waals surface area contributed by atoms with Crippen molar-refractivity contribution in [2.24, 2.45) is 0 Å². The Bertz CT molecular complexity index is 367. The lowest BCUT2D eigenvalue weighted by molar-refractivity contribution is 0.391. The molecule has 0 spiro atoms. The van der Waals surface area contributed by atoms with Crippen LogP contribution in [0.25, 0.3) is 0 Å². The molecule has 0 aliphatic carbocycles. The zero-order chi connectivity index (χ0) is 11.4. The number of anilines is 1. The van der Waals surface area contributed by atoms with Crippen molar-refractivity contribution in [1.82, 2.24) is 15.3 Å². The van der Waals surface area contributed by atoms with Gasteiger partial charge in [0.25, 0.3) is 0 Å². The molecule has 0 atom stereocenters. The maximum atomic E-state index is 5.34. The van der Waals surface area contributed by atoms with E-state index in [1.165, 1.54) is 0 Å². The SMILES string of the molecule is CCNc1nc2c(c(OC)n1)CCNCC2. The Labute approximate surface area is 95.6 Å². The van der Waals surface area contributed by atoms with E-state index in [1.54, 1.807) is 7.11 Å². The topological polar surface area (TPSA) is 59.1 Å². The van der Waals surface area contributed by atoms with Crippen LogP contribution in [0.3, 0.4) is 0 Å². The fourth-order valence-electron chi connectivity index (χ4n) is 1.92. The van der Waals surface area contributed by atoms with Gasteiger partial charge in [0, 0.05) is 25.1 Å². The number of hydrogen-bond acceptors (Lipinski definition) is 5. The number of fused-ring (bicyclic) bond motifs is 1. The highest BCUT2D eigenvalue weighted by molar-refractivity contribution is 5.39. The van der Waals surface area contributed by atoms with Gasteiger partial charge in [0.1, 0.15) is 0 Å². The van der Waals surface area contributed by atoms with Gasteiger partial charge in [0.05, 0.1) is 12.8 Å². The van der Waals surface area contributed by atoms with Crippen LogP contribution < -0.4 is 15.4 Å². The molecule has 1 aromatic rings. The third-order valence-corrected chi connectivity index (χ3v) is 2.67. The number of methoxy groups -OCH3 is 1. The number of hydrogen-bond donors (Lipinski definition) is 2. The van der Waals surface area contributed by atoms with Crippen molar-refractivity contribution in [3.63, 3.8) is 0 Å². The molecule has 0 saturated carbocycles. The van der Waals surface area contributed by atoms with Gasteiger partial charge in [-0.25, -0.2) is 4.98 Å². The molecule has 1 aromatic heterocycles. The Balaban J connectivity index is 2.38. The summed E-state index contributed by atoms with van der Waals surface area (Å²) in [5, 5.41) is 6.48. The Hall–Kier alpha value is -1.36. The third kappa shape index (κ3) is 2.24. The molecule has 0 unspecified atom stereocenters. The van der Waals surface area contributed by atoms with Crippen LogP contribution in [0.2, 0.25) is 0 Å². The first-order chi connectivity index (χ1) is 7.85. The van der Waals surface area contributed by atoms with Gasteiger partial charge in [0.2, 0.25) is 11.8 Å². The highest BCUT2D eigenvalue weighted by Gasteiger charge is 2.16. The van der Waals surface area contributed by atoms with Crippen LogP contribution in [0.1, 0.15) is 18.2 Å². The van der Waals surface area contributed by atoms with E-state index < -0.39 is 0 Å². The molecule has 88 valence electrons. The normalized spacial score (nSPS) is 15.1. The summed E-state index contributed by atoms with van der Waals surface area (Å²) in [7, 11) is 1.66. The van der Waals surface area contributed by atoms with Gasteiger partial charge in [-0.2, -0.15) is 4.98 Å². The highest BCUT2D eigenvalue weighted by atomic mass is 16.5. The first-order valence-corrected chi connectivity index (χ1v) is 5.73. The third-order valence-electron chi connectivity index (χ3n) is 2.67. The number of ether oxygens (including phenoxy) is 1. The Morgan fingerprint density at radius 2 is 2.12 bits per heavy atom. The predicted molar refractivity (Wildman–Crippen MR) is 63.0 cm³/mol. The van der Waals surface area contributed by atoms with Crippen molar-refractivity contribution < 1.29 is 4.74 Å². The molecule has 16 heavy (non-hydrogen) atoms. The Morgan fingerprint density at radius 1 is 1.31 bits per heavy atom. The van der Waals surface area contributed by atoms with Crippen LogP contribution in [0.4, 0.5) is 5.95 Å². The van der Waals surface area contributed by atoms with Crippen LogP contribution in [0.15, 0.2) is 0 Å². The summed E-state index contributed by atoms with van der Waals surface area (Å²) in [5.74, 6) is 1.38. The summed E-state index contributed by atoms with van der Waals surface area (Å²) >= 11 is 0. The van der Waals surface area contributed by atoms with E-state index in [0.717, 1.165) is 43.7 Å². The monoisotopic (exact) mass is 222 g/mol. The average molecular weight is 222 g/mol. The quantitative estimate of drug-likeness (QED) is 0.784. The van der Waals surface area contributed by atoms with Gasteiger partial charge in [-0.3, -0.25) is 0 Å². The second-order valence-corrected chi connectivity index (χ2v) is 3.76. The molecule has 2 rings (SSSR count). The van der Waals surface area contributed by atoms with Crippen molar-refractivity contribution in [2.45, 2.75) is 19.8 Å². The molecule has 5 nitrogen and oxygen atoms in total. The van der Waals surface area contributed by atoms with Gasteiger partial charge in [-0.05, 0) is 19.9 Å². The van der Waals surface area contributed by atoms with Crippen LogP contribution in [-0.4, -0.2) is 36.7 Å². The van der Waals surface area contributed by atoms with Gasteiger partial charge < -0.3 is 15.4 Å². The number of nitrogens with one attached hydrogen (secondary N) is 2. The summed E-state index contributed by atoms with van der Waals surface area (Å²) in [6, 6.07) is 0. The minimum atomic E-state index is 0.667. The number of aromatic nitrogens is 2. The second kappa shape index (κ2) is 5.12. The average Bonchev–Trinajstić information content (AvgIpc) is 2.53. The van der Waals surface area contributed by atoms with E-state index in [-0.39, 0.29) is 0 Å². The van der Waals surface area contributed by atoms with E-state index in [2.05, 4.69) is 20.6 Å². The maximum Gasteiger partial charge on any atom is 0.226 e. The molecule has 0 radical (unpaired) electrons. The minimum absolute atomic E-state index is 0.667. The van der Waals surface area contributed by atoms with Crippen molar-refractivity contribution in [3.8, 4) is 5.88 Å². The standard InChI is InChI=1S/C11H18N4O/c1-3-13-11-14-9-5-7-12-6-4-8(9)10(15-11)16-2/h12H,3-7H2,1-2H3,(H,13,14,15). The molecular formula is C11H18N4O. The first kappa shape index (κ1) is 11.1. The first-order valence-electron chi connectivity index (χ1n) is 5.73. The summed E-state index contributed by atoms with van der Waals surface area (Å²) in [5.41, 5.74) is 2.25. The Morgan fingerprint density at radius 3 is 2.88 bits per heavy atom. The fourth-order valence-corrected chi connectivity index (χ4v) is 1.92. The lowest BCUT2D eigenvalue weighted by atomic mass is 10.1. The number of rotatable bonds is 3. The summed E-state index contributed by atoms with van der Waals surface area (Å²) in [6.07, 6.45) is 1.87. The van der Waals surface area contributed by atoms with Gasteiger partial charge in [-0.1, -0.05) is 0 Å². The zero-order valence-corrected chi connectivity index (χ0v) is 9.84. The largest absolute Gasteiger partial charge is 0.481 e.